The lowest BCUT2D eigenvalue weighted by atomic mass is 10.1. The molecule has 8 heteroatoms. The molecule has 3 aromatic carbocycles. The molecule has 0 aliphatic rings. The summed E-state index contributed by atoms with van der Waals surface area (Å²) in [4.78, 5) is 13.2. The summed E-state index contributed by atoms with van der Waals surface area (Å²) in [6, 6.07) is 18.3. The quantitative estimate of drug-likeness (QED) is 0.370. The van der Waals surface area contributed by atoms with Crippen molar-refractivity contribution < 1.29 is 22.7 Å². The van der Waals surface area contributed by atoms with Gasteiger partial charge in [-0.25, -0.2) is 12.7 Å². The first-order chi connectivity index (χ1) is 15.7. The number of benzene rings is 3. The Morgan fingerprint density at radius 1 is 0.939 bits per heavy atom. The summed E-state index contributed by atoms with van der Waals surface area (Å²) in [5.74, 6) is 0.828. The summed E-state index contributed by atoms with van der Waals surface area (Å²) in [5.41, 5.74) is 1.87. The number of anilines is 1. The Morgan fingerprint density at radius 2 is 1.58 bits per heavy atom. The fourth-order valence-corrected chi connectivity index (χ4v) is 4.87. The second-order valence-corrected chi connectivity index (χ2v) is 9.76. The van der Waals surface area contributed by atoms with Crippen molar-refractivity contribution in [3.63, 3.8) is 0 Å². The fraction of sp³-hybridized carbons (Fsp3) is 0.240. The number of carbonyl (C=O) groups excluding carboxylic acids is 1. The maximum atomic E-state index is 13.5. The highest BCUT2D eigenvalue weighted by molar-refractivity contribution is 7.93. The van der Waals surface area contributed by atoms with Crippen LogP contribution in [-0.4, -0.2) is 28.0 Å². The van der Waals surface area contributed by atoms with Crippen molar-refractivity contribution in [1.82, 2.24) is 0 Å². The molecule has 0 atom stereocenters. The van der Waals surface area contributed by atoms with Crippen molar-refractivity contribution >= 4 is 33.2 Å². The normalized spacial score (nSPS) is 11.2. The van der Waals surface area contributed by atoms with Crippen LogP contribution in [0.25, 0.3) is 0 Å². The van der Waals surface area contributed by atoms with Crippen LogP contribution in [0.15, 0.2) is 71.6 Å². The standard InChI is InChI=1S/C25H26ClNO5S/c1-18-6-7-19(2)24(17-18)27(33(29,30)23-14-8-20(26)9-15-23)25(28)5-4-16-32-22-12-10-21(31-3)11-13-22/h6-15,17H,4-5,16H2,1-3H3. The summed E-state index contributed by atoms with van der Waals surface area (Å²) in [5, 5.41) is 0.411. The zero-order valence-electron chi connectivity index (χ0n) is 18.7. The maximum Gasteiger partial charge on any atom is 0.270 e. The van der Waals surface area contributed by atoms with Crippen molar-refractivity contribution in [1.29, 1.82) is 0 Å². The van der Waals surface area contributed by atoms with Gasteiger partial charge in [0.05, 0.1) is 24.3 Å². The van der Waals surface area contributed by atoms with Crippen LogP contribution >= 0.6 is 11.6 Å². The SMILES string of the molecule is COc1ccc(OCCCC(=O)N(c2cc(C)ccc2C)S(=O)(=O)c2ccc(Cl)cc2)cc1. The molecule has 0 aliphatic carbocycles. The summed E-state index contributed by atoms with van der Waals surface area (Å²) >= 11 is 5.92. The number of rotatable bonds is 9. The minimum Gasteiger partial charge on any atom is -0.497 e. The van der Waals surface area contributed by atoms with E-state index in [1.807, 2.05) is 13.0 Å². The molecule has 0 aromatic heterocycles. The number of ether oxygens (including phenoxy) is 2. The number of methoxy groups -OCH3 is 1. The van der Waals surface area contributed by atoms with E-state index in [1.54, 1.807) is 50.4 Å². The molecule has 0 unspecified atom stereocenters. The molecule has 0 heterocycles. The Balaban J connectivity index is 1.80. The topological polar surface area (TPSA) is 72.9 Å². The van der Waals surface area contributed by atoms with Crippen molar-refractivity contribution in [2.24, 2.45) is 0 Å². The Hall–Kier alpha value is -3.03. The van der Waals surface area contributed by atoms with Crippen LogP contribution in [0.3, 0.4) is 0 Å². The zero-order valence-corrected chi connectivity index (χ0v) is 20.3. The van der Waals surface area contributed by atoms with Gasteiger partial charge in [-0.2, -0.15) is 0 Å². The molecule has 3 rings (SSSR count). The van der Waals surface area contributed by atoms with E-state index in [-0.39, 0.29) is 17.9 Å². The average molecular weight is 488 g/mol. The average Bonchev–Trinajstić information content (AvgIpc) is 2.79. The van der Waals surface area contributed by atoms with Crippen molar-refractivity contribution in [2.45, 2.75) is 31.6 Å². The van der Waals surface area contributed by atoms with E-state index >= 15 is 0 Å². The number of halogens is 1. The van der Waals surface area contributed by atoms with Gasteiger partial charge in [0.15, 0.2) is 0 Å². The summed E-state index contributed by atoms with van der Waals surface area (Å²) in [6.07, 6.45) is 0.346. The maximum absolute atomic E-state index is 13.5. The molecule has 0 saturated carbocycles. The van der Waals surface area contributed by atoms with Crippen LogP contribution in [0.1, 0.15) is 24.0 Å². The number of hydrogen-bond donors (Lipinski definition) is 0. The Morgan fingerprint density at radius 3 is 2.21 bits per heavy atom. The van der Waals surface area contributed by atoms with Crippen LogP contribution in [0.2, 0.25) is 5.02 Å². The van der Waals surface area contributed by atoms with E-state index in [0.717, 1.165) is 9.87 Å². The predicted octanol–water partition coefficient (Wildman–Crippen LogP) is 5.55. The van der Waals surface area contributed by atoms with Gasteiger partial charge in [0.2, 0.25) is 5.91 Å². The molecular weight excluding hydrogens is 462 g/mol. The Kier molecular flexibility index (Phi) is 8.00. The van der Waals surface area contributed by atoms with E-state index in [9.17, 15) is 13.2 Å². The summed E-state index contributed by atoms with van der Waals surface area (Å²) in [7, 11) is -2.55. The van der Waals surface area contributed by atoms with Gasteiger partial charge in [-0.1, -0.05) is 23.7 Å². The molecule has 6 nitrogen and oxygen atoms in total. The van der Waals surface area contributed by atoms with Gasteiger partial charge in [0, 0.05) is 11.4 Å². The molecule has 0 spiro atoms. The van der Waals surface area contributed by atoms with Crippen LogP contribution in [0.4, 0.5) is 5.69 Å². The lowest BCUT2D eigenvalue weighted by Gasteiger charge is -2.25. The first kappa shape index (κ1) is 24.6. The molecule has 0 aliphatic heterocycles. The van der Waals surface area contributed by atoms with Gasteiger partial charge >= 0.3 is 0 Å². The van der Waals surface area contributed by atoms with Gasteiger partial charge < -0.3 is 9.47 Å². The van der Waals surface area contributed by atoms with E-state index in [1.165, 1.54) is 24.3 Å². The van der Waals surface area contributed by atoms with Gasteiger partial charge in [-0.3, -0.25) is 4.79 Å². The lowest BCUT2D eigenvalue weighted by molar-refractivity contribution is -0.117. The first-order valence-electron chi connectivity index (χ1n) is 10.4. The highest BCUT2D eigenvalue weighted by Gasteiger charge is 2.31. The van der Waals surface area contributed by atoms with E-state index in [0.29, 0.717) is 34.2 Å². The minimum absolute atomic E-state index is 0.00361. The molecule has 0 N–H and O–H groups in total. The third-order valence-corrected chi connectivity index (χ3v) is 7.03. The van der Waals surface area contributed by atoms with Gasteiger partial charge in [0.25, 0.3) is 10.0 Å². The first-order valence-corrected chi connectivity index (χ1v) is 12.2. The molecule has 0 radical (unpaired) electrons. The molecule has 0 saturated heterocycles. The summed E-state index contributed by atoms with van der Waals surface area (Å²) < 4.78 is 38.7. The van der Waals surface area contributed by atoms with Crippen LogP contribution in [0, 0.1) is 13.8 Å². The third kappa shape index (κ3) is 6.06. The van der Waals surface area contributed by atoms with Crippen molar-refractivity contribution in [3.8, 4) is 11.5 Å². The van der Waals surface area contributed by atoms with Crippen LogP contribution in [-0.2, 0) is 14.8 Å². The lowest BCUT2D eigenvalue weighted by Crippen LogP contribution is -2.37. The molecular formula is C25H26ClNO5S. The second-order valence-electron chi connectivity index (χ2n) is 7.53. The largest absolute Gasteiger partial charge is 0.497 e. The molecule has 3 aromatic rings. The predicted molar refractivity (Wildman–Crippen MR) is 130 cm³/mol. The third-order valence-electron chi connectivity index (χ3n) is 5.02. The van der Waals surface area contributed by atoms with Crippen molar-refractivity contribution in [2.75, 3.05) is 18.0 Å². The highest BCUT2D eigenvalue weighted by Crippen LogP contribution is 2.29. The van der Waals surface area contributed by atoms with E-state index in [4.69, 9.17) is 21.1 Å². The Labute approximate surface area is 199 Å². The smallest absolute Gasteiger partial charge is 0.270 e. The molecule has 174 valence electrons. The Bertz CT molecular complexity index is 1210. The molecule has 1 amide bonds. The number of amides is 1. The molecule has 0 bridgehead atoms. The molecule has 0 fully saturated rings. The zero-order chi connectivity index (χ0) is 24.0. The van der Waals surface area contributed by atoms with Crippen molar-refractivity contribution in [3.05, 3.63) is 82.9 Å². The minimum atomic E-state index is -4.14. The monoisotopic (exact) mass is 487 g/mol. The number of aryl methyl sites for hydroxylation is 2. The van der Waals surface area contributed by atoms with Gasteiger partial charge in [0.1, 0.15) is 11.5 Å². The number of hydrogen-bond acceptors (Lipinski definition) is 5. The highest BCUT2D eigenvalue weighted by atomic mass is 35.5. The molecule has 33 heavy (non-hydrogen) atoms. The van der Waals surface area contributed by atoms with E-state index in [2.05, 4.69) is 0 Å². The van der Waals surface area contributed by atoms with Gasteiger partial charge in [-0.15, -0.1) is 0 Å². The van der Waals surface area contributed by atoms with Crippen LogP contribution in [0.5, 0.6) is 11.5 Å². The fourth-order valence-electron chi connectivity index (χ4n) is 3.23. The number of sulfonamides is 1. The number of nitrogens with zero attached hydrogens (tertiary/aromatic N) is 1. The second kappa shape index (κ2) is 10.7. The summed E-state index contributed by atoms with van der Waals surface area (Å²) in [6.45, 7) is 3.89. The number of carbonyl (C=O) groups is 1. The van der Waals surface area contributed by atoms with E-state index < -0.39 is 15.9 Å². The van der Waals surface area contributed by atoms with Crippen LogP contribution < -0.4 is 13.8 Å². The van der Waals surface area contributed by atoms with Gasteiger partial charge in [-0.05, 0) is 86.0 Å².